The molecule has 0 saturated carbocycles. The summed E-state index contributed by atoms with van der Waals surface area (Å²) in [5.74, 6) is -0.0545. The van der Waals surface area contributed by atoms with Crippen LogP contribution in [-0.2, 0) is 11.2 Å². The number of carbonyl (C=O) groups is 1. The third-order valence-electron chi connectivity index (χ3n) is 3.13. The second-order valence-corrected chi connectivity index (χ2v) is 4.64. The Kier molecular flexibility index (Phi) is 4.74. The number of amides is 1. The van der Waals surface area contributed by atoms with Crippen molar-refractivity contribution in [3.63, 3.8) is 0 Å². The zero-order valence-corrected chi connectivity index (χ0v) is 11.5. The monoisotopic (exact) mass is 269 g/mol. The molecule has 0 spiro atoms. The molecule has 4 nitrogen and oxygen atoms in total. The van der Waals surface area contributed by atoms with Crippen LogP contribution < -0.4 is 16.4 Å². The molecule has 0 aliphatic rings. The fourth-order valence-electron chi connectivity index (χ4n) is 1.97. The number of nitrogens with one attached hydrogen (secondary N) is 2. The highest BCUT2D eigenvalue weighted by atomic mass is 16.2. The van der Waals surface area contributed by atoms with Crippen molar-refractivity contribution in [2.24, 2.45) is 0 Å². The van der Waals surface area contributed by atoms with Crippen LogP contribution >= 0.6 is 0 Å². The summed E-state index contributed by atoms with van der Waals surface area (Å²) in [7, 11) is 1.79. The summed E-state index contributed by atoms with van der Waals surface area (Å²) < 4.78 is 0. The van der Waals surface area contributed by atoms with Gasteiger partial charge in [-0.25, -0.2) is 0 Å². The van der Waals surface area contributed by atoms with Gasteiger partial charge in [0.2, 0.25) is 5.91 Å². The molecule has 1 atom stereocenters. The van der Waals surface area contributed by atoms with Gasteiger partial charge in [0.25, 0.3) is 0 Å². The Morgan fingerprint density at radius 1 is 1.10 bits per heavy atom. The van der Waals surface area contributed by atoms with Crippen LogP contribution in [0.3, 0.4) is 0 Å². The lowest BCUT2D eigenvalue weighted by atomic mass is 10.1. The van der Waals surface area contributed by atoms with Gasteiger partial charge < -0.3 is 16.4 Å². The predicted octanol–water partition coefficient (Wildman–Crippen LogP) is 2.04. The lowest BCUT2D eigenvalue weighted by molar-refractivity contribution is -0.118. The van der Waals surface area contributed by atoms with E-state index in [4.69, 9.17) is 5.73 Å². The number of likely N-dealkylation sites (N-methyl/N-ethyl adjacent to an activating group) is 1. The highest BCUT2D eigenvalue weighted by molar-refractivity contribution is 5.95. The SMILES string of the molecule is CN[C@@H](Cc1ccccc1)C(=O)Nc1ccc(N)cc1. The van der Waals surface area contributed by atoms with E-state index in [-0.39, 0.29) is 11.9 Å². The van der Waals surface area contributed by atoms with E-state index in [1.165, 1.54) is 0 Å². The summed E-state index contributed by atoms with van der Waals surface area (Å²) in [6.45, 7) is 0. The van der Waals surface area contributed by atoms with Crippen LogP contribution in [0.25, 0.3) is 0 Å². The van der Waals surface area contributed by atoms with Gasteiger partial charge in [-0.2, -0.15) is 0 Å². The molecular formula is C16H19N3O. The third-order valence-corrected chi connectivity index (χ3v) is 3.13. The molecule has 4 heteroatoms. The van der Waals surface area contributed by atoms with Gasteiger partial charge in [-0.15, -0.1) is 0 Å². The molecule has 2 aromatic rings. The van der Waals surface area contributed by atoms with Crippen molar-refractivity contribution in [3.8, 4) is 0 Å². The maximum Gasteiger partial charge on any atom is 0.241 e. The van der Waals surface area contributed by atoms with Gasteiger partial charge in [0.05, 0.1) is 6.04 Å². The first-order valence-electron chi connectivity index (χ1n) is 6.56. The standard InChI is InChI=1S/C16H19N3O/c1-18-15(11-12-5-3-2-4-6-12)16(20)19-14-9-7-13(17)8-10-14/h2-10,15,18H,11,17H2,1H3,(H,19,20)/t15-/m0/s1. The van der Waals surface area contributed by atoms with Crippen molar-refractivity contribution in [2.75, 3.05) is 18.1 Å². The molecule has 0 heterocycles. The average Bonchev–Trinajstić information content (AvgIpc) is 2.48. The Morgan fingerprint density at radius 2 is 1.75 bits per heavy atom. The molecule has 0 radical (unpaired) electrons. The average molecular weight is 269 g/mol. The maximum atomic E-state index is 12.2. The van der Waals surface area contributed by atoms with E-state index in [9.17, 15) is 4.79 Å². The van der Waals surface area contributed by atoms with Gasteiger partial charge in [0.15, 0.2) is 0 Å². The first-order valence-corrected chi connectivity index (χ1v) is 6.56. The predicted molar refractivity (Wildman–Crippen MR) is 82.5 cm³/mol. The van der Waals surface area contributed by atoms with Crippen LogP contribution in [0.1, 0.15) is 5.56 Å². The quantitative estimate of drug-likeness (QED) is 0.728. The zero-order valence-electron chi connectivity index (χ0n) is 11.5. The van der Waals surface area contributed by atoms with Gasteiger partial charge in [-0.3, -0.25) is 4.79 Å². The number of hydrogen-bond donors (Lipinski definition) is 3. The first kappa shape index (κ1) is 14.1. The van der Waals surface area contributed by atoms with Crippen LogP contribution in [0, 0.1) is 0 Å². The topological polar surface area (TPSA) is 67.2 Å². The molecule has 1 amide bonds. The molecule has 0 unspecified atom stereocenters. The van der Waals surface area contributed by atoms with Crippen LogP contribution in [0.4, 0.5) is 11.4 Å². The van der Waals surface area contributed by atoms with Gasteiger partial charge in [-0.1, -0.05) is 30.3 Å². The number of hydrogen-bond acceptors (Lipinski definition) is 3. The number of benzene rings is 2. The van der Waals surface area contributed by atoms with Crippen molar-refractivity contribution >= 4 is 17.3 Å². The summed E-state index contributed by atoms with van der Waals surface area (Å²) in [6, 6.07) is 16.8. The van der Waals surface area contributed by atoms with Gasteiger partial charge in [-0.05, 0) is 43.3 Å². The summed E-state index contributed by atoms with van der Waals surface area (Å²) in [4.78, 5) is 12.2. The Bertz CT molecular complexity index is 552. The van der Waals surface area contributed by atoms with Crippen molar-refractivity contribution < 1.29 is 4.79 Å². The molecule has 0 saturated heterocycles. The Morgan fingerprint density at radius 3 is 2.35 bits per heavy atom. The molecule has 104 valence electrons. The number of anilines is 2. The number of carbonyl (C=O) groups excluding carboxylic acids is 1. The second kappa shape index (κ2) is 6.73. The molecule has 0 aromatic heterocycles. The minimum absolute atomic E-state index is 0.0545. The maximum absolute atomic E-state index is 12.2. The smallest absolute Gasteiger partial charge is 0.241 e. The highest BCUT2D eigenvalue weighted by Gasteiger charge is 2.16. The Balaban J connectivity index is 2.00. The largest absolute Gasteiger partial charge is 0.399 e. The number of nitrogen functional groups attached to an aromatic ring is 1. The van der Waals surface area contributed by atoms with Crippen molar-refractivity contribution in [1.29, 1.82) is 0 Å². The Hall–Kier alpha value is -2.33. The van der Waals surface area contributed by atoms with Gasteiger partial charge in [0.1, 0.15) is 0 Å². The molecule has 2 rings (SSSR count). The van der Waals surface area contributed by atoms with E-state index in [0.717, 1.165) is 11.3 Å². The van der Waals surface area contributed by atoms with E-state index >= 15 is 0 Å². The molecule has 2 aromatic carbocycles. The summed E-state index contributed by atoms with van der Waals surface area (Å²) in [6.07, 6.45) is 0.651. The highest BCUT2D eigenvalue weighted by Crippen LogP contribution is 2.11. The van der Waals surface area contributed by atoms with Crippen molar-refractivity contribution in [1.82, 2.24) is 5.32 Å². The molecule has 20 heavy (non-hydrogen) atoms. The Labute approximate surface area is 119 Å². The summed E-state index contributed by atoms with van der Waals surface area (Å²) >= 11 is 0. The fourth-order valence-corrected chi connectivity index (χ4v) is 1.97. The third kappa shape index (κ3) is 3.83. The van der Waals surface area contributed by atoms with E-state index in [1.807, 2.05) is 30.3 Å². The molecular weight excluding hydrogens is 250 g/mol. The van der Waals surface area contributed by atoms with Crippen molar-refractivity contribution in [2.45, 2.75) is 12.5 Å². The fraction of sp³-hybridized carbons (Fsp3) is 0.188. The van der Waals surface area contributed by atoms with E-state index < -0.39 is 0 Å². The second-order valence-electron chi connectivity index (χ2n) is 4.64. The molecule has 0 aliphatic carbocycles. The molecule has 0 fully saturated rings. The normalized spacial score (nSPS) is 11.8. The van der Waals surface area contributed by atoms with E-state index in [2.05, 4.69) is 10.6 Å². The lowest BCUT2D eigenvalue weighted by Crippen LogP contribution is -2.40. The van der Waals surface area contributed by atoms with E-state index in [1.54, 1.807) is 31.3 Å². The zero-order chi connectivity index (χ0) is 14.4. The number of nitrogens with two attached hydrogens (primary N) is 1. The minimum Gasteiger partial charge on any atom is -0.399 e. The lowest BCUT2D eigenvalue weighted by Gasteiger charge is -2.16. The van der Waals surface area contributed by atoms with Crippen LogP contribution in [0.15, 0.2) is 54.6 Å². The molecule has 0 aliphatic heterocycles. The summed E-state index contributed by atoms with van der Waals surface area (Å²) in [5, 5.41) is 5.93. The summed E-state index contributed by atoms with van der Waals surface area (Å²) in [5.41, 5.74) is 8.17. The first-order chi connectivity index (χ1) is 9.69. The van der Waals surface area contributed by atoms with Crippen LogP contribution in [0.5, 0.6) is 0 Å². The van der Waals surface area contributed by atoms with Gasteiger partial charge >= 0.3 is 0 Å². The van der Waals surface area contributed by atoms with Gasteiger partial charge in [0, 0.05) is 11.4 Å². The minimum atomic E-state index is -0.269. The van der Waals surface area contributed by atoms with Crippen molar-refractivity contribution in [3.05, 3.63) is 60.2 Å². The van der Waals surface area contributed by atoms with Crippen LogP contribution in [-0.4, -0.2) is 19.0 Å². The molecule has 4 N–H and O–H groups in total. The number of rotatable bonds is 5. The van der Waals surface area contributed by atoms with E-state index in [0.29, 0.717) is 12.1 Å². The molecule has 0 bridgehead atoms. The van der Waals surface area contributed by atoms with Crippen LogP contribution in [0.2, 0.25) is 0 Å².